The SMILES string of the molecule is CCC(=O)C1=C(O)C(=O)N(c2cccc(Cl)c2C)C1c1ccncc1. The smallest absolute Gasteiger partial charge is 0.294 e. The number of benzene rings is 1. The molecule has 128 valence electrons. The van der Waals surface area contributed by atoms with Crippen molar-refractivity contribution in [1.82, 2.24) is 4.98 Å². The summed E-state index contributed by atoms with van der Waals surface area (Å²) in [6.07, 6.45) is 3.37. The van der Waals surface area contributed by atoms with Crippen LogP contribution in [0.4, 0.5) is 5.69 Å². The number of aliphatic hydroxyl groups is 1. The third kappa shape index (κ3) is 2.81. The van der Waals surface area contributed by atoms with E-state index in [1.165, 1.54) is 4.90 Å². The molecule has 0 fully saturated rings. The van der Waals surface area contributed by atoms with Crippen LogP contribution >= 0.6 is 11.6 Å². The number of hydrogen-bond acceptors (Lipinski definition) is 4. The molecule has 1 aliphatic rings. The first-order valence-electron chi connectivity index (χ1n) is 7.92. The predicted molar refractivity (Wildman–Crippen MR) is 95.6 cm³/mol. The molecule has 1 unspecified atom stereocenters. The van der Waals surface area contributed by atoms with Gasteiger partial charge in [0.1, 0.15) is 0 Å². The second-order valence-corrected chi connectivity index (χ2v) is 6.19. The molecule has 1 N–H and O–H groups in total. The molecule has 0 saturated carbocycles. The molecule has 2 aromatic rings. The maximum Gasteiger partial charge on any atom is 0.294 e. The van der Waals surface area contributed by atoms with Gasteiger partial charge in [-0.2, -0.15) is 0 Å². The van der Waals surface area contributed by atoms with Gasteiger partial charge >= 0.3 is 0 Å². The van der Waals surface area contributed by atoms with Crippen LogP contribution < -0.4 is 4.90 Å². The highest BCUT2D eigenvalue weighted by atomic mass is 35.5. The highest BCUT2D eigenvalue weighted by Gasteiger charge is 2.44. The van der Waals surface area contributed by atoms with E-state index < -0.39 is 17.7 Å². The Morgan fingerprint density at radius 1 is 1.28 bits per heavy atom. The van der Waals surface area contributed by atoms with E-state index in [0.29, 0.717) is 21.8 Å². The molecule has 1 aromatic carbocycles. The lowest BCUT2D eigenvalue weighted by Gasteiger charge is -2.28. The number of hydrogen-bond donors (Lipinski definition) is 1. The summed E-state index contributed by atoms with van der Waals surface area (Å²) in [6.45, 7) is 3.50. The van der Waals surface area contributed by atoms with E-state index in [0.717, 1.165) is 0 Å². The Morgan fingerprint density at radius 2 is 1.96 bits per heavy atom. The van der Waals surface area contributed by atoms with Crippen molar-refractivity contribution < 1.29 is 14.7 Å². The molecular formula is C19H17ClN2O3. The number of aliphatic hydroxyl groups excluding tert-OH is 1. The molecule has 1 amide bonds. The van der Waals surface area contributed by atoms with Crippen LogP contribution in [0.5, 0.6) is 0 Å². The molecule has 5 nitrogen and oxygen atoms in total. The summed E-state index contributed by atoms with van der Waals surface area (Å²) < 4.78 is 0. The summed E-state index contributed by atoms with van der Waals surface area (Å²) in [5.41, 5.74) is 2.07. The molecule has 25 heavy (non-hydrogen) atoms. The third-order valence-corrected chi connectivity index (χ3v) is 4.76. The van der Waals surface area contributed by atoms with Gasteiger partial charge in [0.15, 0.2) is 11.5 Å². The Labute approximate surface area is 150 Å². The van der Waals surface area contributed by atoms with Gasteiger partial charge in [0, 0.05) is 29.5 Å². The van der Waals surface area contributed by atoms with Crippen molar-refractivity contribution in [2.75, 3.05) is 4.90 Å². The summed E-state index contributed by atoms with van der Waals surface area (Å²) in [5.74, 6) is -1.38. The zero-order valence-electron chi connectivity index (χ0n) is 13.9. The molecule has 2 heterocycles. The Bertz CT molecular complexity index is 877. The van der Waals surface area contributed by atoms with Crippen molar-refractivity contribution in [2.24, 2.45) is 0 Å². The molecular weight excluding hydrogens is 340 g/mol. The summed E-state index contributed by atoms with van der Waals surface area (Å²) in [4.78, 5) is 30.6. The average Bonchev–Trinajstić information content (AvgIpc) is 2.89. The van der Waals surface area contributed by atoms with Crippen LogP contribution in [0.15, 0.2) is 54.1 Å². The molecule has 1 atom stereocenters. The maximum atomic E-state index is 12.8. The molecule has 1 aromatic heterocycles. The van der Waals surface area contributed by atoms with Crippen molar-refractivity contribution in [3.05, 3.63) is 70.2 Å². The monoisotopic (exact) mass is 356 g/mol. The van der Waals surface area contributed by atoms with E-state index in [1.54, 1.807) is 56.6 Å². The average molecular weight is 357 g/mol. The number of nitrogens with zero attached hydrogens (tertiary/aromatic N) is 2. The van der Waals surface area contributed by atoms with Gasteiger partial charge in [0.25, 0.3) is 5.91 Å². The van der Waals surface area contributed by atoms with E-state index in [9.17, 15) is 14.7 Å². The van der Waals surface area contributed by atoms with Gasteiger partial charge < -0.3 is 5.11 Å². The molecule has 6 heteroatoms. The van der Waals surface area contributed by atoms with E-state index in [4.69, 9.17) is 11.6 Å². The molecule has 0 spiro atoms. The number of halogens is 1. The maximum absolute atomic E-state index is 12.8. The minimum atomic E-state index is -0.708. The highest BCUT2D eigenvalue weighted by Crippen LogP contribution is 2.43. The Balaban J connectivity index is 2.23. The molecule has 1 aliphatic heterocycles. The molecule has 0 radical (unpaired) electrons. The van der Waals surface area contributed by atoms with Crippen molar-refractivity contribution in [3.8, 4) is 0 Å². The number of carbonyl (C=O) groups is 2. The van der Waals surface area contributed by atoms with Gasteiger partial charge in [0.2, 0.25) is 0 Å². The highest BCUT2D eigenvalue weighted by molar-refractivity contribution is 6.32. The van der Waals surface area contributed by atoms with Gasteiger partial charge in [0.05, 0.1) is 11.6 Å². The first-order valence-corrected chi connectivity index (χ1v) is 8.30. The summed E-state index contributed by atoms with van der Waals surface area (Å²) >= 11 is 6.21. The van der Waals surface area contributed by atoms with Crippen LogP contribution in [0.3, 0.4) is 0 Å². The molecule has 0 aliphatic carbocycles. The Hall–Kier alpha value is -2.66. The molecule has 0 bridgehead atoms. The number of pyridine rings is 1. The van der Waals surface area contributed by atoms with E-state index in [1.807, 2.05) is 0 Å². The largest absolute Gasteiger partial charge is 0.503 e. The Morgan fingerprint density at radius 3 is 2.60 bits per heavy atom. The van der Waals surface area contributed by atoms with Crippen LogP contribution in [0.2, 0.25) is 5.02 Å². The van der Waals surface area contributed by atoms with Crippen LogP contribution in [-0.4, -0.2) is 21.8 Å². The van der Waals surface area contributed by atoms with Crippen molar-refractivity contribution >= 4 is 29.0 Å². The fraction of sp³-hybridized carbons (Fsp3) is 0.211. The summed E-state index contributed by atoms with van der Waals surface area (Å²) in [7, 11) is 0. The first-order chi connectivity index (χ1) is 12.0. The van der Waals surface area contributed by atoms with Crippen LogP contribution in [0, 0.1) is 6.92 Å². The van der Waals surface area contributed by atoms with E-state index >= 15 is 0 Å². The van der Waals surface area contributed by atoms with Crippen molar-refractivity contribution in [2.45, 2.75) is 26.3 Å². The normalized spacial score (nSPS) is 17.3. The van der Waals surface area contributed by atoms with Gasteiger partial charge in [-0.25, -0.2) is 0 Å². The predicted octanol–water partition coefficient (Wildman–Crippen LogP) is 3.92. The minimum absolute atomic E-state index is 0.109. The van der Waals surface area contributed by atoms with E-state index in [-0.39, 0.29) is 17.8 Å². The quantitative estimate of drug-likeness (QED) is 0.901. The first kappa shape index (κ1) is 17.2. The fourth-order valence-electron chi connectivity index (χ4n) is 3.05. The Kier molecular flexibility index (Phi) is 4.59. The van der Waals surface area contributed by atoms with Gasteiger partial charge in [-0.05, 0) is 42.3 Å². The second kappa shape index (κ2) is 6.69. The number of anilines is 1. The topological polar surface area (TPSA) is 70.5 Å². The van der Waals surface area contributed by atoms with Gasteiger partial charge in [-0.3, -0.25) is 19.5 Å². The zero-order chi connectivity index (χ0) is 18.1. The number of Topliss-reactive ketones (excluding diaryl/α,β-unsaturated/α-hetero) is 1. The molecule has 0 saturated heterocycles. The minimum Gasteiger partial charge on any atom is -0.503 e. The van der Waals surface area contributed by atoms with Crippen LogP contribution in [-0.2, 0) is 9.59 Å². The van der Waals surface area contributed by atoms with Gasteiger partial charge in [-0.15, -0.1) is 0 Å². The standard InChI is InChI=1S/C19H17ClN2O3/c1-3-15(23)16-17(12-7-9-21-10-8-12)22(19(25)18(16)24)14-6-4-5-13(20)11(14)2/h4-10,17,24H,3H2,1-2H3. The lowest BCUT2D eigenvalue weighted by Crippen LogP contribution is -2.31. The van der Waals surface area contributed by atoms with Crippen LogP contribution in [0.25, 0.3) is 0 Å². The number of aromatic nitrogens is 1. The lowest BCUT2D eigenvalue weighted by atomic mass is 9.95. The zero-order valence-corrected chi connectivity index (χ0v) is 14.6. The fourth-order valence-corrected chi connectivity index (χ4v) is 3.22. The number of ketones is 1. The van der Waals surface area contributed by atoms with Crippen molar-refractivity contribution in [3.63, 3.8) is 0 Å². The van der Waals surface area contributed by atoms with Crippen molar-refractivity contribution in [1.29, 1.82) is 0 Å². The molecule has 3 rings (SSSR count). The second-order valence-electron chi connectivity index (χ2n) is 5.78. The van der Waals surface area contributed by atoms with E-state index in [2.05, 4.69) is 4.98 Å². The number of amides is 1. The number of rotatable bonds is 4. The summed E-state index contributed by atoms with van der Waals surface area (Å²) in [6, 6.07) is 7.96. The lowest BCUT2D eigenvalue weighted by molar-refractivity contribution is -0.118. The summed E-state index contributed by atoms with van der Waals surface area (Å²) in [5, 5.41) is 10.9. The van der Waals surface area contributed by atoms with Crippen LogP contribution in [0.1, 0.15) is 30.5 Å². The third-order valence-electron chi connectivity index (χ3n) is 4.35. The number of carbonyl (C=O) groups excluding carboxylic acids is 2. The van der Waals surface area contributed by atoms with Gasteiger partial charge in [-0.1, -0.05) is 24.6 Å².